The van der Waals surface area contributed by atoms with E-state index in [1.165, 1.54) is 12.5 Å². The lowest BCUT2D eigenvalue weighted by Gasteiger charge is -2.03. The molecule has 0 spiro atoms. The molecular formula is C13H16N2O2. The van der Waals surface area contributed by atoms with Gasteiger partial charge in [-0.3, -0.25) is 4.79 Å². The van der Waals surface area contributed by atoms with E-state index in [1.54, 1.807) is 7.11 Å². The Morgan fingerprint density at radius 2 is 2.29 bits per heavy atom. The summed E-state index contributed by atoms with van der Waals surface area (Å²) < 4.78 is 5.21. The van der Waals surface area contributed by atoms with E-state index in [9.17, 15) is 4.79 Å². The number of aromatic nitrogens is 1. The van der Waals surface area contributed by atoms with Gasteiger partial charge in [-0.2, -0.15) is 0 Å². The Kier molecular flexibility index (Phi) is 3.32. The van der Waals surface area contributed by atoms with Crippen molar-refractivity contribution in [2.75, 3.05) is 13.7 Å². The number of amides is 1. The Hall–Kier alpha value is -1.97. The van der Waals surface area contributed by atoms with Crippen LogP contribution in [0.4, 0.5) is 0 Å². The first kappa shape index (κ1) is 11.5. The molecule has 0 aliphatic rings. The zero-order chi connectivity index (χ0) is 12.3. The second kappa shape index (κ2) is 4.91. The molecule has 2 aromatic rings. The van der Waals surface area contributed by atoms with Crippen LogP contribution in [0.15, 0.2) is 24.4 Å². The van der Waals surface area contributed by atoms with Gasteiger partial charge in [-0.15, -0.1) is 0 Å². The van der Waals surface area contributed by atoms with Crippen molar-refractivity contribution in [3.63, 3.8) is 0 Å². The van der Waals surface area contributed by atoms with Crippen LogP contribution < -0.4 is 10.1 Å². The fraction of sp³-hybridized carbons (Fsp3) is 0.308. The number of fused-ring (bicyclic) bond motifs is 1. The number of rotatable bonds is 4. The molecule has 0 radical (unpaired) electrons. The van der Waals surface area contributed by atoms with Crippen molar-refractivity contribution in [2.24, 2.45) is 0 Å². The zero-order valence-electron chi connectivity index (χ0n) is 10.0. The third-order valence-corrected chi connectivity index (χ3v) is 2.74. The fourth-order valence-electron chi connectivity index (χ4n) is 1.86. The molecular weight excluding hydrogens is 215 g/mol. The molecule has 0 bridgehead atoms. The van der Waals surface area contributed by atoms with Crippen molar-refractivity contribution in [1.29, 1.82) is 0 Å². The molecule has 2 rings (SSSR count). The molecule has 0 aliphatic carbocycles. The predicted molar refractivity (Wildman–Crippen MR) is 67.2 cm³/mol. The quantitative estimate of drug-likeness (QED) is 0.843. The van der Waals surface area contributed by atoms with E-state index in [2.05, 4.69) is 10.3 Å². The van der Waals surface area contributed by atoms with Gasteiger partial charge in [-0.25, -0.2) is 0 Å². The Morgan fingerprint density at radius 1 is 1.47 bits per heavy atom. The summed E-state index contributed by atoms with van der Waals surface area (Å²) in [6.07, 6.45) is 2.79. The third-order valence-electron chi connectivity index (χ3n) is 2.74. The minimum atomic E-state index is 0.00224. The summed E-state index contributed by atoms with van der Waals surface area (Å²) in [4.78, 5) is 14.0. The Morgan fingerprint density at radius 3 is 3.00 bits per heavy atom. The molecule has 1 heterocycles. The molecule has 2 N–H and O–H groups in total. The highest BCUT2D eigenvalue weighted by molar-refractivity contribution is 5.84. The first-order chi connectivity index (χ1) is 8.20. The van der Waals surface area contributed by atoms with Crippen molar-refractivity contribution in [2.45, 2.75) is 13.3 Å². The van der Waals surface area contributed by atoms with Gasteiger partial charge in [0.2, 0.25) is 5.91 Å². The Bertz CT molecular complexity index is 531. The third kappa shape index (κ3) is 2.58. The summed E-state index contributed by atoms with van der Waals surface area (Å²) in [5.74, 6) is 0.847. The van der Waals surface area contributed by atoms with E-state index in [0.29, 0.717) is 6.54 Å². The molecule has 1 amide bonds. The Labute approximate surface area is 100.0 Å². The second-order valence-corrected chi connectivity index (χ2v) is 3.96. The number of ether oxygens (including phenoxy) is 1. The molecule has 4 nitrogen and oxygen atoms in total. The van der Waals surface area contributed by atoms with Crippen LogP contribution in [0.3, 0.4) is 0 Å². The smallest absolute Gasteiger partial charge is 0.216 e. The molecule has 0 atom stereocenters. The number of carbonyl (C=O) groups is 1. The lowest BCUT2D eigenvalue weighted by molar-refractivity contribution is -0.118. The molecule has 17 heavy (non-hydrogen) atoms. The van der Waals surface area contributed by atoms with Gasteiger partial charge in [0.15, 0.2) is 0 Å². The SMILES string of the molecule is COc1ccc2[nH]cc(CCN[11C](C)=O)c2c1. The minimum absolute atomic E-state index is 0.00224. The van der Waals surface area contributed by atoms with Crippen LogP contribution in [-0.4, -0.2) is 24.5 Å². The van der Waals surface area contributed by atoms with E-state index in [0.717, 1.165) is 23.1 Å². The van der Waals surface area contributed by atoms with Gasteiger partial charge in [0.25, 0.3) is 0 Å². The topological polar surface area (TPSA) is 54.1 Å². The largest absolute Gasteiger partial charge is 0.497 e. The molecule has 4 heteroatoms. The predicted octanol–water partition coefficient (Wildman–Crippen LogP) is 1.86. The normalized spacial score (nSPS) is 10.5. The van der Waals surface area contributed by atoms with E-state index in [4.69, 9.17) is 4.74 Å². The van der Waals surface area contributed by atoms with E-state index in [-0.39, 0.29) is 5.91 Å². The molecule has 1 aromatic carbocycles. The highest BCUT2D eigenvalue weighted by Crippen LogP contribution is 2.23. The summed E-state index contributed by atoms with van der Waals surface area (Å²) in [6, 6.07) is 5.93. The van der Waals surface area contributed by atoms with Crippen LogP contribution in [0.2, 0.25) is 0 Å². The molecule has 0 unspecified atom stereocenters. The van der Waals surface area contributed by atoms with Gasteiger partial charge >= 0.3 is 0 Å². The van der Waals surface area contributed by atoms with Gasteiger partial charge in [0.1, 0.15) is 5.75 Å². The molecule has 0 fully saturated rings. The lowest BCUT2D eigenvalue weighted by atomic mass is 10.1. The average Bonchev–Trinajstić information content (AvgIpc) is 2.71. The monoisotopic (exact) mass is 231 g/mol. The zero-order valence-corrected chi connectivity index (χ0v) is 10.0. The fourth-order valence-corrected chi connectivity index (χ4v) is 1.86. The number of H-pyrrole nitrogens is 1. The maximum Gasteiger partial charge on any atom is 0.216 e. The van der Waals surface area contributed by atoms with E-state index >= 15 is 0 Å². The molecule has 0 saturated carbocycles. The van der Waals surface area contributed by atoms with E-state index < -0.39 is 0 Å². The number of carbonyl (C=O) groups excluding carboxylic acids is 1. The highest BCUT2D eigenvalue weighted by Gasteiger charge is 2.05. The molecule has 90 valence electrons. The average molecular weight is 231 g/mol. The molecule has 1 aromatic heterocycles. The maximum atomic E-state index is 10.8. The second-order valence-electron chi connectivity index (χ2n) is 3.96. The number of benzene rings is 1. The Balaban J connectivity index is 2.19. The van der Waals surface area contributed by atoms with Crippen LogP contribution in [0, 0.1) is 0 Å². The summed E-state index contributed by atoms with van der Waals surface area (Å²) in [5, 5.41) is 3.94. The standard InChI is InChI=1S/C13H16N2O2/c1-9(16)14-6-5-10-8-15-13-4-3-11(17-2)7-12(10)13/h3-4,7-8,15H,5-6H2,1-2H3,(H,14,16)/i9-1. The van der Waals surface area contributed by atoms with Crippen molar-refractivity contribution >= 4 is 16.8 Å². The number of nitrogens with one attached hydrogen (secondary N) is 2. The van der Waals surface area contributed by atoms with Gasteiger partial charge in [-0.05, 0) is 30.2 Å². The maximum absolute atomic E-state index is 10.8. The summed E-state index contributed by atoms with van der Waals surface area (Å²) >= 11 is 0. The highest BCUT2D eigenvalue weighted by atomic mass is 16.5. The summed E-state index contributed by atoms with van der Waals surface area (Å²) in [6.45, 7) is 2.18. The molecule has 0 aliphatic heterocycles. The first-order valence-corrected chi connectivity index (χ1v) is 5.59. The van der Waals surface area contributed by atoms with Gasteiger partial charge in [0, 0.05) is 30.6 Å². The number of hydrogen-bond acceptors (Lipinski definition) is 2. The van der Waals surface area contributed by atoms with Crippen LogP contribution in [0.5, 0.6) is 5.75 Å². The lowest BCUT2D eigenvalue weighted by Crippen LogP contribution is -2.22. The van der Waals surface area contributed by atoms with Crippen molar-refractivity contribution in [3.8, 4) is 5.75 Å². The first-order valence-electron chi connectivity index (χ1n) is 5.59. The van der Waals surface area contributed by atoms with Gasteiger partial charge in [0.05, 0.1) is 7.11 Å². The van der Waals surface area contributed by atoms with E-state index in [1.807, 2.05) is 24.4 Å². The number of hydrogen-bond donors (Lipinski definition) is 2. The summed E-state index contributed by atoms with van der Waals surface area (Å²) in [7, 11) is 1.66. The van der Waals surface area contributed by atoms with Crippen molar-refractivity contribution < 1.29 is 9.53 Å². The van der Waals surface area contributed by atoms with Crippen LogP contribution in [0.25, 0.3) is 10.9 Å². The number of aromatic amines is 1. The van der Waals surface area contributed by atoms with Gasteiger partial charge < -0.3 is 15.0 Å². The van der Waals surface area contributed by atoms with Crippen LogP contribution >= 0.6 is 0 Å². The van der Waals surface area contributed by atoms with Crippen LogP contribution in [0.1, 0.15) is 12.5 Å². The summed E-state index contributed by atoms with van der Waals surface area (Å²) in [5.41, 5.74) is 2.27. The van der Waals surface area contributed by atoms with Crippen LogP contribution in [-0.2, 0) is 11.2 Å². The van der Waals surface area contributed by atoms with Crippen molar-refractivity contribution in [3.05, 3.63) is 30.0 Å². The number of methoxy groups -OCH3 is 1. The molecule has 0 saturated heterocycles. The van der Waals surface area contributed by atoms with Crippen molar-refractivity contribution in [1.82, 2.24) is 10.3 Å². The minimum Gasteiger partial charge on any atom is -0.497 e. The van der Waals surface area contributed by atoms with Gasteiger partial charge in [-0.1, -0.05) is 0 Å².